The van der Waals surface area contributed by atoms with E-state index in [1.54, 1.807) is 17.0 Å². The van der Waals surface area contributed by atoms with Crippen LogP contribution in [-0.4, -0.2) is 45.3 Å². The van der Waals surface area contributed by atoms with Gasteiger partial charge in [0, 0.05) is 6.54 Å². The van der Waals surface area contributed by atoms with Crippen molar-refractivity contribution >= 4 is 17.1 Å². The molecule has 1 aliphatic rings. The molecule has 0 spiro atoms. The number of carbonyl (C=O) groups excluding carboxylic acids is 1. The predicted molar refractivity (Wildman–Crippen MR) is 121 cm³/mol. The van der Waals surface area contributed by atoms with Crippen molar-refractivity contribution in [3.63, 3.8) is 0 Å². The maximum absolute atomic E-state index is 13.3. The molecule has 1 saturated heterocycles. The zero-order chi connectivity index (χ0) is 22.7. The Kier molecular flexibility index (Phi) is 6.35. The zero-order valence-electron chi connectivity index (χ0n) is 18.9. The molecule has 0 saturated carbocycles. The molecular weight excluding hydrogens is 409 g/mol. The van der Waals surface area contributed by atoms with Crippen LogP contribution in [0.2, 0.25) is 0 Å². The molecule has 7 heteroatoms. The summed E-state index contributed by atoms with van der Waals surface area (Å²) in [7, 11) is 0. The monoisotopic (exact) mass is 439 g/mol. The molecule has 0 unspecified atom stereocenters. The lowest BCUT2D eigenvalue weighted by Crippen LogP contribution is -2.48. The van der Waals surface area contributed by atoms with Crippen molar-refractivity contribution in [2.24, 2.45) is 0 Å². The lowest BCUT2D eigenvalue weighted by molar-refractivity contribution is 0.00290. The number of benzene rings is 2. The van der Waals surface area contributed by atoms with Crippen LogP contribution in [0, 0.1) is 5.82 Å². The van der Waals surface area contributed by atoms with Gasteiger partial charge in [0.05, 0.1) is 23.6 Å². The van der Waals surface area contributed by atoms with Gasteiger partial charge in [0.15, 0.2) is 0 Å². The molecule has 6 nitrogen and oxygen atoms in total. The Balaban J connectivity index is 1.54. The van der Waals surface area contributed by atoms with Crippen molar-refractivity contribution in [2.45, 2.75) is 58.2 Å². The zero-order valence-corrected chi connectivity index (χ0v) is 18.9. The molecule has 1 amide bonds. The fraction of sp³-hybridized carbons (Fsp3) is 0.440. The van der Waals surface area contributed by atoms with E-state index in [0.29, 0.717) is 25.7 Å². The molecular formula is C25H30FN3O3. The number of aromatic nitrogens is 2. The molecule has 0 aliphatic carbocycles. The molecule has 4 rings (SSSR count). The van der Waals surface area contributed by atoms with E-state index in [9.17, 15) is 9.18 Å². The number of hydrogen-bond acceptors (Lipinski definition) is 4. The Morgan fingerprint density at radius 2 is 1.88 bits per heavy atom. The Morgan fingerprint density at radius 3 is 2.62 bits per heavy atom. The third-order valence-electron chi connectivity index (χ3n) is 5.53. The van der Waals surface area contributed by atoms with Gasteiger partial charge in [-0.05, 0) is 69.9 Å². The first-order chi connectivity index (χ1) is 15.3. The first-order valence-corrected chi connectivity index (χ1v) is 11.1. The van der Waals surface area contributed by atoms with E-state index in [0.717, 1.165) is 35.9 Å². The smallest absolute Gasteiger partial charge is 0.410 e. The SMILES string of the molecule is CC(C)(C)OC(=O)N1CCCC[C@@H]1COc1nc2ccccc2n1Cc1ccc(F)cc1. The summed E-state index contributed by atoms with van der Waals surface area (Å²) in [6, 6.07) is 14.7. The average Bonchev–Trinajstić information content (AvgIpc) is 3.10. The molecule has 0 bridgehead atoms. The first kappa shape index (κ1) is 22.1. The quantitative estimate of drug-likeness (QED) is 0.535. The highest BCUT2D eigenvalue weighted by molar-refractivity contribution is 5.76. The van der Waals surface area contributed by atoms with Crippen molar-refractivity contribution in [2.75, 3.05) is 13.2 Å². The fourth-order valence-electron chi connectivity index (χ4n) is 3.99. The predicted octanol–water partition coefficient (Wildman–Crippen LogP) is 5.39. The molecule has 0 N–H and O–H groups in total. The van der Waals surface area contributed by atoms with Gasteiger partial charge in [-0.1, -0.05) is 24.3 Å². The van der Waals surface area contributed by atoms with Gasteiger partial charge in [0.1, 0.15) is 18.0 Å². The van der Waals surface area contributed by atoms with Gasteiger partial charge in [-0.2, -0.15) is 4.98 Å². The number of hydrogen-bond donors (Lipinski definition) is 0. The van der Waals surface area contributed by atoms with Crippen LogP contribution in [0.15, 0.2) is 48.5 Å². The summed E-state index contributed by atoms with van der Waals surface area (Å²) in [5.74, 6) is -0.264. The molecule has 0 radical (unpaired) electrons. The standard InChI is InChI=1S/C25H30FN3O3/c1-25(2,3)32-24(30)28-15-7-6-8-20(28)17-31-23-27-21-9-4-5-10-22(21)29(23)16-18-11-13-19(26)14-12-18/h4-5,9-14,20H,6-8,15-17H2,1-3H3/t20-/m1/s1. The van der Waals surface area contributed by atoms with Crippen LogP contribution in [0.3, 0.4) is 0 Å². The summed E-state index contributed by atoms with van der Waals surface area (Å²) in [6.07, 6.45) is 2.56. The molecule has 1 atom stereocenters. The number of amides is 1. The fourth-order valence-corrected chi connectivity index (χ4v) is 3.99. The maximum atomic E-state index is 13.3. The Bertz CT molecular complexity index is 1070. The third kappa shape index (κ3) is 5.21. The summed E-state index contributed by atoms with van der Waals surface area (Å²) < 4.78 is 27.1. The highest BCUT2D eigenvalue weighted by atomic mass is 19.1. The molecule has 1 aromatic heterocycles. The summed E-state index contributed by atoms with van der Waals surface area (Å²) in [5, 5.41) is 0. The lowest BCUT2D eigenvalue weighted by Gasteiger charge is -2.36. The minimum absolute atomic E-state index is 0.0716. The average molecular weight is 440 g/mol. The largest absolute Gasteiger partial charge is 0.462 e. The highest BCUT2D eigenvalue weighted by Gasteiger charge is 2.31. The number of fused-ring (bicyclic) bond motifs is 1. The molecule has 2 aromatic carbocycles. The minimum Gasteiger partial charge on any atom is -0.462 e. The van der Waals surface area contributed by atoms with E-state index in [1.165, 1.54) is 12.1 Å². The number of para-hydroxylation sites is 2. The third-order valence-corrected chi connectivity index (χ3v) is 5.53. The van der Waals surface area contributed by atoms with E-state index >= 15 is 0 Å². The summed E-state index contributed by atoms with van der Waals surface area (Å²) in [6.45, 7) is 7.13. The molecule has 3 aromatic rings. The second-order valence-electron chi connectivity index (χ2n) is 9.23. The first-order valence-electron chi connectivity index (χ1n) is 11.1. The summed E-state index contributed by atoms with van der Waals surface area (Å²) >= 11 is 0. The van der Waals surface area contributed by atoms with Crippen LogP contribution < -0.4 is 4.74 Å². The van der Waals surface area contributed by atoms with Crippen LogP contribution >= 0.6 is 0 Å². The highest BCUT2D eigenvalue weighted by Crippen LogP contribution is 2.25. The van der Waals surface area contributed by atoms with Crippen molar-refractivity contribution in [1.29, 1.82) is 0 Å². The number of imidazole rings is 1. The van der Waals surface area contributed by atoms with Crippen LogP contribution in [0.4, 0.5) is 9.18 Å². The van der Waals surface area contributed by atoms with Crippen LogP contribution in [0.5, 0.6) is 6.01 Å². The van der Waals surface area contributed by atoms with Crippen molar-refractivity contribution in [1.82, 2.24) is 14.5 Å². The Labute approximate surface area is 187 Å². The Hall–Kier alpha value is -3.09. The van der Waals surface area contributed by atoms with Gasteiger partial charge in [-0.25, -0.2) is 9.18 Å². The number of carbonyl (C=O) groups is 1. The molecule has 170 valence electrons. The van der Waals surface area contributed by atoms with E-state index in [4.69, 9.17) is 9.47 Å². The molecule has 2 heterocycles. The van der Waals surface area contributed by atoms with Crippen molar-refractivity contribution in [3.05, 3.63) is 59.9 Å². The lowest BCUT2D eigenvalue weighted by atomic mass is 10.0. The van der Waals surface area contributed by atoms with Crippen molar-refractivity contribution < 1.29 is 18.7 Å². The summed E-state index contributed by atoms with van der Waals surface area (Å²) in [5.41, 5.74) is 2.19. The number of halogens is 1. The number of rotatable bonds is 5. The Morgan fingerprint density at radius 1 is 1.12 bits per heavy atom. The van der Waals surface area contributed by atoms with Gasteiger partial charge in [-0.15, -0.1) is 0 Å². The molecule has 32 heavy (non-hydrogen) atoms. The van der Waals surface area contributed by atoms with Crippen LogP contribution in [0.1, 0.15) is 45.6 Å². The molecule has 1 aliphatic heterocycles. The van der Waals surface area contributed by atoms with Gasteiger partial charge >= 0.3 is 6.09 Å². The van der Waals surface area contributed by atoms with E-state index < -0.39 is 5.60 Å². The van der Waals surface area contributed by atoms with Gasteiger partial charge < -0.3 is 14.4 Å². The van der Waals surface area contributed by atoms with E-state index in [2.05, 4.69) is 4.98 Å². The van der Waals surface area contributed by atoms with Gasteiger partial charge in [0.25, 0.3) is 6.01 Å². The maximum Gasteiger partial charge on any atom is 0.410 e. The second-order valence-corrected chi connectivity index (χ2v) is 9.23. The van der Waals surface area contributed by atoms with Gasteiger partial charge in [-0.3, -0.25) is 4.57 Å². The van der Waals surface area contributed by atoms with E-state index in [1.807, 2.05) is 49.6 Å². The number of piperidine rings is 1. The number of ether oxygens (including phenoxy) is 2. The normalized spacial score (nSPS) is 16.9. The van der Waals surface area contributed by atoms with Crippen LogP contribution in [-0.2, 0) is 11.3 Å². The summed E-state index contributed by atoms with van der Waals surface area (Å²) in [4.78, 5) is 19.2. The van der Waals surface area contributed by atoms with E-state index in [-0.39, 0.29) is 18.0 Å². The second kappa shape index (κ2) is 9.18. The van der Waals surface area contributed by atoms with Gasteiger partial charge in [0.2, 0.25) is 0 Å². The molecule has 1 fully saturated rings. The minimum atomic E-state index is -0.539. The van der Waals surface area contributed by atoms with Crippen LogP contribution in [0.25, 0.3) is 11.0 Å². The number of likely N-dealkylation sites (tertiary alicyclic amines) is 1. The topological polar surface area (TPSA) is 56.6 Å². The number of nitrogens with zero attached hydrogens (tertiary/aromatic N) is 3. The van der Waals surface area contributed by atoms with Crippen molar-refractivity contribution in [3.8, 4) is 6.01 Å².